The number of ether oxygens (including phenoxy) is 3. The Morgan fingerprint density at radius 1 is 1.15 bits per heavy atom. The van der Waals surface area contributed by atoms with Gasteiger partial charge in [0, 0.05) is 17.5 Å². The number of aliphatic hydroxyl groups is 2. The smallest absolute Gasteiger partial charge is 0.339 e. The zero-order valence-corrected chi connectivity index (χ0v) is 24.0. The van der Waals surface area contributed by atoms with Gasteiger partial charge in [-0.25, -0.2) is 4.79 Å². The summed E-state index contributed by atoms with van der Waals surface area (Å²) >= 11 is 0. The molecule has 7 heteroatoms. The lowest BCUT2D eigenvalue weighted by molar-refractivity contribution is -0.312. The number of benzene rings is 1. The standard InChI is InChI=1S/C33H39NO6/c1-17-15-32-18(2)13-23-25(30(23,3)4)22(26(32)35)14-19-16-38-31(5,6)40-28(19)33(32,37)27(17)39-29(36)21-11-12-34-24-10-8-7-9-20(21)24/h7-12,14-15,18,22-23,25-28,35,37H,13,16H2,1-6H3. The second kappa shape index (κ2) is 8.25. The van der Waals surface area contributed by atoms with Crippen LogP contribution in [0.4, 0.5) is 0 Å². The zero-order valence-electron chi connectivity index (χ0n) is 24.0. The molecule has 1 aliphatic heterocycles. The molecular weight excluding hydrogens is 506 g/mol. The minimum Gasteiger partial charge on any atom is -0.451 e. The molecule has 2 aromatic rings. The molecule has 3 fully saturated rings. The number of rotatable bonds is 2. The van der Waals surface area contributed by atoms with Gasteiger partial charge in [0.15, 0.2) is 11.9 Å². The Morgan fingerprint density at radius 2 is 1.90 bits per heavy atom. The number of esters is 1. The van der Waals surface area contributed by atoms with E-state index in [-0.39, 0.29) is 29.8 Å². The van der Waals surface area contributed by atoms with E-state index in [0.29, 0.717) is 22.4 Å². The topological polar surface area (TPSA) is 98.1 Å². The van der Waals surface area contributed by atoms with Gasteiger partial charge in [0.2, 0.25) is 0 Å². The van der Waals surface area contributed by atoms with Crippen LogP contribution in [0.25, 0.3) is 10.9 Å². The van der Waals surface area contributed by atoms with Crippen LogP contribution in [0.1, 0.15) is 58.3 Å². The Balaban J connectivity index is 1.38. The van der Waals surface area contributed by atoms with Crippen LogP contribution in [0.5, 0.6) is 0 Å². The average Bonchev–Trinajstić information content (AvgIpc) is 3.40. The summed E-state index contributed by atoms with van der Waals surface area (Å²) in [6, 6.07) is 9.09. The van der Waals surface area contributed by atoms with Crippen molar-refractivity contribution >= 4 is 16.9 Å². The first kappa shape index (κ1) is 26.3. The van der Waals surface area contributed by atoms with Crippen molar-refractivity contribution in [1.82, 2.24) is 4.98 Å². The third-order valence-electron chi connectivity index (χ3n) is 11.0. The molecular formula is C33H39NO6. The highest BCUT2D eigenvalue weighted by molar-refractivity contribution is 6.03. The van der Waals surface area contributed by atoms with Crippen molar-refractivity contribution in [3.8, 4) is 0 Å². The largest absolute Gasteiger partial charge is 0.451 e. The quantitative estimate of drug-likeness (QED) is 0.413. The summed E-state index contributed by atoms with van der Waals surface area (Å²) in [5.41, 5.74) is -0.111. The average molecular weight is 546 g/mol. The molecule has 1 aromatic carbocycles. The van der Waals surface area contributed by atoms with Gasteiger partial charge in [-0.2, -0.15) is 0 Å². The lowest BCUT2D eigenvalue weighted by atomic mass is 9.58. The first-order valence-corrected chi connectivity index (χ1v) is 14.5. The maximum Gasteiger partial charge on any atom is 0.339 e. The number of hydrogen-bond donors (Lipinski definition) is 2. The Labute approximate surface area is 235 Å². The van der Waals surface area contributed by atoms with E-state index in [9.17, 15) is 15.0 Å². The first-order valence-electron chi connectivity index (χ1n) is 14.5. The van der Waals surface area contributed by atoms with E-state index >= 15 is 0 Å². The fourth-order valence-electron chi connectivity index (χ4n) is 9.05. The number of aromatic nitrogens is 1. The number of hydrogen-bond acceptors (Lipinski definition) is 7. The predicted molar refractivity (Wildman–Crippen MR) is 149 cm³/mol. The fourth-order valence-corrected chi connectivity index (χ4v) is 9.05. The van der Waals surface area contributed by atoms with Gasteiger partial charge in [0.25, 0.3) is 0 Å². The second-order valence-corrected chi connectivity index (χ2v) is 13.8. The van der Waals surface area contributed by atoms with Crippen molar-refractivity contribution in [2.24, 2.45) is 34.5 Å². The number of fused-ring (bicyclic) bond motifs is 6. The van der Waals surface area contributed by atoms with Crippen LogP contribution in [-0.4, -0.2) is 57.5 Å². The van der Waals surface area contributed by atoms with Crippen LogP contribution >= 0.6 is 0 Å². The van der Waals surface area contributed by atoms with Gasteiger partial charge >= 0.3 is 5.97 Å². The molecule has 2 saturated carbocycles. The molecule has 5 aliphatic rings. The fraction of sp³-hybridized carbons (Fsp3) is 0.576. The molecule has 9 unspecified atom stereocenters. The molecule has 7 nitrogen and oxygen atoms in total. The molecule has 2 heterocycles. The van der Waals surface area contributed by atoms with Crippen LogP contribution in [0.2, 0.25) is 0 Å². The lowest BCUT2D eigenvalue weighted by Gasteiger charge is -2.55. The summed E-state index contributed by atoms with van der Waals surface area (Å²) in [5, 5.41) is 26.3. The van der Waals surface area contributed by atoms with Gasteiger partial charge in [0.1, 0.15) is 11.7 Å². The number of nitrogens with zero attached hydrogens (tertiary/aromatic N) is 1. The maximum atomic E-state index is 13.9. The van der Waals surface area contributed by atoms with Crippen molar-refractivity contribution in [2.45, 2.75) is 77.7 Å². The monoisotopic (exact) mass is 545 g/mol. The molecule has 9 atom stereocenters. The number of carbonyl (C=O) groups is 1. The summed E-state index contributed by atoms with van der Waals surface area (Å²) < 4.78 is 19.0. The van der Waals surface area contributed by atoms with E-state index in [2.05, 4.69) is 31.8 Å². The summed E-state index contributed by atoms with van der Waals surface area (Å²) in [7, 11) is 0. The van der Waals surface area contributed by atoms with Gasteiger partial charge < -0.3 is 24.4 Å². The van der Waals surface area contributed by atoms with Crippen molar-refractivity contribution < 1.29 is 29.2 Å². The summed E-state index contributed by atoms with van der Waals surface area (Å²) in [4.78, 5) is 18.2. The normalized spacial score (nSPS) is 42.4. The highest BCUT2D eigenvalue weighted by Crippen LogP contribution is 2.73. The molecule has 7 rings (SSSR count). The molecule has 40 heavy (non-hydrogen) atoms. The van der Waals surface area contributed by atoms with E-state index in [0.717, 1.165) is 17.6 Å². The number of pyridine rings is 1. The van der Waals surface area contributed by atoms with Crippen molar-refractivity contribution in [1.29, 1.82) is 0 Å². The van der Waals surface area contributed by atoms with Crippen LogP contribution in [0, 0.1) is 34.5 Å². The predicted octanol–water partition coefficient (Wildman–Crippen LogP) is 4.82. The van der Waals surface area contributed by atoms with Crippen LogP contribution in [-0.2, 0) is 14.2 Å². The van der Waals surface area contributed by atoms with Crippen molar-refractivity contribution in [3.63, 3.8) is 0 Å². The van der Waals surface area contributed by atoms with E-state index < -0.39 is 41.1 Å². The van der Waals surface area contributed by atoms with Crippen LogP contribution < -0.4 is 0 Å². The van der Waals surface area contributed by atoms with Crippen LogP contribution in [0.3, 0.4) is 0 Å². The zero-order chi connectivity index (χ0) is 28.4. The molecule has 1 spiro atoms. The summed E-state index contributed by atoms with van der Waals surface area (Å²) in [6.45, 7) is 12.5. The number of aliphatic hydroxyl groups excluding tert-OH is 1. The number of carbonyl (C=O) groups excluding carboxylic acids is 1. The van der Waals surface area contributed by atoms with Crippen molar-refractivity contribution in [3.05, 3.63) is 65.4 Å². The Morgan fingerprint density at radius 3 is 2.67 bits per heavy atom. The molecule has 4 aliphatic carbocycles. The van der Waals surface area contributed by atoms with E-state index in [1.807, 2.05) is 51.1 Å². The third-order valence-corrected chi connectivity index (χ3v) is 11.0. The Kier molecular flexibility index (Phi) is 5.43. The molecule has 2 N–H and O–H groups in total. The SMILES string of the molecule is CC1=CC23C(C)CC4C(C(C=C5COC(C)(C)OC5C2(O)C1OC(=O)c1ccnc2ccccc12)C3O)C4(C)C. The van der Waals surface area contributed by atoms with Gasteiger partial charge in [0.05, 0.1) is 29.2 Å². The maximum absolute atomic E-state index is 13.9. The summed E-state index contributed by atoms with van der Waals surface area (Å²) in [6.07, 6.45) is 3.87. The molecule has 1 aromatic heterocycles. The van der Waals surface area contributed by atoms with Crippen LogP contribution in [0.15, 0.2) is 59.8 Å². The van der Waals surface area contributed by atoms with Gasteiger partial charge in [-0.15, -0.1) is 0 Å². The molecule has 2 bridgehead atoms. The van der Waals surface area contributed by atoms with E-state index in [4.69, 9.17) is 14.2 Å². The highest BCUT2D eigenvalue weighted by atomic mass is 16.7. The number of para-hydroxylation sites is 1. The molecule has 0 amide bonds. The van der Waals surface area contributed by atoms with Crippen molar-refractivity contribution in [2.75, 3.05) is 6.61 Å². The molecule has 1 saturated heterocycles. The first-order chi connectivity index (χ1) is 18.8. The third kappa shape index (κ3) is 3.26. The molecule has 212 valence electrons. The van der Waals surface area contributed by atoms with Gasteiger partial charge in [-0.3, -0.25) is 4.98 Å². The summed E-state index contributed by atoms with van der Waals surface area (Å²) in [5.74, 6) is -1.05. The van der Waals surface area contributed by atoms with E-state index in [1.54, 1.807) is 12.3 Å². The highest BCUT2D eigenvalue weighted by Gasteiger charge is 2.77. The van der Waals surface area contributed by atoms with E-state index in [1.165, 1.54) is 0 Å². The second-order valence-electron chi connectivity index (χ2n) is 13.8. The van der Waals surface area contributed by atoms with Gasteiger partial charge in [-0.05, 0) is 73.6 Å². The minimum absolute atomic E-state index is 0.0884. The Hall–Kier alpha value is -2.58. The Bertz CT molecular complexity index is 1470. The molecule has 0 radical (unpaired) electrons. The lowest BCUT2D eigenvalue weighted by Crippen LogP contribution is -2.69. The minimum atomic E-state index is -1.74. The van der Waals surface area contributed by atoms with Gasteiger partial charge in [-0.1, -0.05) is 51.1 Å².